The van der Waals surface area contributed by atoms with Crippen LogP contribution in [-0.2, 0) is 42.8 Å². The van der Waals surface area contributed by atoms with Crippen LogP contribution in [0.3, 0.4) is 0 Å². The average Bonchev–Trinajstić information content (AvgIpc) is 2.19. The van der Waals surface area contributed by atoms with Gasteiger partial charge in [-0.25, -0.2) is 4.79 Å². The number of amides is 2. The molecule has 89 heavy (non-hydrogen) atoms. The van der Waals surface area contributed by atoms with Gasteiger partial charge < -0.3 is 100 Å². The second kappa shape index (κ2) is 47.4. The van der Waals surface area contributed by atoms with Gasteiger partial charge in [0.15, 0.2) is 12.6 Å². The maximum Gasteiger partial charge on any atom is 0.364 e. The molecule has 3 heterocycles. The maximum atomic E-state index is 13.4. The largest absolute Gasteiger partial charge is 0.477 e. The second-order valence-electron chi connectivity index (χ2n) is 25.4. The highest BCUT2D eigenvalue weighted by molar-refractivity contribution is 5.77. The lowest BCUT2D eigenvalue weighted by Gasteiger charge is -2.50. The Bertz CT molecular complexity index is 1860. The molecule has 0 aliphatic carbocycles. The molecule has 0 spiro atoms. The number of carbonyl (C=O) groups excluding carboxylic acids is 2. The van der Waals surface area contributed by atoms with E-state index in [1.54, 1.807) is 0 Å². The third-order valence-corrected chi connectivity index (χ3v) is 17.7. The van der Waals surface area contributed by atoms with Gasteiger partial charge in [-0.05, 0) is 32.1 Å². The smallest absolute Gasteiger partial charge is 0.364 e. The van der Waals surface area contributed by atoms with Crippen LogP contribution < -0.4 is 10.6 Å². The van der Waals surface area contributed by atoms with Crippen LogP contribution in [-0.4, -0.2) is 215 Å². The van der Waals surface area contributed by atoms with Gasteiger partial charge in [0.1, 0.15) is 67.1 Å². The Kier molecular flexibility index (Phi) is 43.0. The summed E-state index contributed by atoms with van der Waals surface area (Å²) < 4.78 is 34.8. The summed E-state index contributed by atoms with van der Waals surface area (Å²) in [5.74, 6) is -6.11. The topological polar surface area (TPSA) is 373 Å². The molecule has 0 aromatic rings. The first-order valence-corrected chi connectivity index (χ1v) is 34.5. The van der Waals surface area contributed by atoms with E-state index in [2.05, 4.69) is 36.6 Å². The average molecular weight is 1280 g/mol. The molecule has 0 saturated carbocycles. The highest BCUT2D eigenvalue weighted by atomic mass is 16.8. The molecule has 23 heteroatoms. The van der Waals surface area contributed by atoms with Crippen LogP contribution in [0, 0.1) is 0 Å². The number of carbonyl (C=O) groups is 3. The number of ether oxygens (including phenoxy) is 6. The summed E-state index contributed by atoms with van der Waals surface area (Å²) in [4.78, 5) is 38.4. The Balaban J connectivity index is 1.54. The van der Waals surface area contributed by atoms with Gasteiger partial charge in [0, 0.05) is 19.8 Å². The summed E-state index contributed by atoms with van der Waals surface area (Å²) in [6, 6.07) is -2.53. The molecule has 3 rings (SSSR count). The molecule has 3 fully saturated rings. The van der Waals surface area contributed by atoms with Crippen LogP contribution in [0.4, 0.5) is 0 Å². The van der Waals surface area contributed by atoms with E-state index in [1.165, 1.54) is 128 Å². The lowest BCUT2D eigenvalue weighted by molar-refractivity contribution is -0.386. The fourth-order valence-corrected chi connectivity index (χ4v) is 12.2. The first-order valence-electron chi connectivity index (χ1n) is 34.5. The van der Waals surface area contributed by atoms with Crippen molar-refractivity contribution in [2.75, 3.05) is 26.4 Å². The predicted octanol–water partition coefficient (Wildman–Crippen LogP) is 5.90. The third-order valence-electron chi connectivity index (χ3n) is 17.7. The van der Waals surface area contributed by atoms with Crippen molar-refractivity contribution >= 4 is 17.8 Å². The van der Waals surface area contributed by atoms with Crippen LogP contribution in [0.25, 0.3) is 0 Å². The summed E-state index contributed by atoms with van der Waals surface area (Å²) in [6.07, 6.45) is 15.4. The number of aliphatic hydroxyl groups excluding tert-OH is 11. The molecule has 0 aromatic carbocycles. The molecule has 3 aliphatic heterocycles. The minimum Gasteiger partial charge on any atom is -0.477 e. The quantitative estimate of drug-likeness (QED) is 0.0249. The summed E-state index contributed by atoms with van der Waals surface area (Å²) in [5.41, 5.74) is 0. The molecule has 18 atom stereocenters. The van der Waals surface area contributed by atoms with Gasteiger partial charge in [-0.3, -0.25) is 9.59 Å². The number of hydrogen-bond donors (Lipinski definition) is 14. The SMILES string of the molecule is CCCC/C=C\CCCCCCC(=O)NC(COC1OC(CO)C(OC2OC(CO)C(O)C(OC3(C(=O)O)CC(O)C(NC(C)=O)C(C(O)C(O)CO)O3)C2O)C(O)C1O)C(O)CCCCCCCCCCCCCCCCCCCCCCCCCCC. The first-order chi connectivity index (χ1) is 42.9. The number of carboxylic acids is 1. The van der Waals surface area contributed by atoms with Crippen molar-refractivity contribution in [2.24, 2.45) is 0 Å². The molecular formula is C66H122N2O21. The van der Waals surface area contributed by atoms with E-state index >= 15 is 0 Å². The standard InChI is InChI=1S/C66H122N2O21/c1-4-6-8-10-12-14-16-17-18-19-20-21-22-23-24-25-26-27-28-29-30-31-33-35-37-39-48(73)47(68-53(76)40-38-36-34-32-15-13-11-9-7-5-2)45-84-63-58(80)57(79)60(52(44-71)86-63)87-64-59(81)62(56(78)51(43-70)85-64)89-66(65(82)83)41-49(74)54(67-46(3)72)61(88-66)55(77)50(75)42-69/h11,13,47-52,54-64,69-71,73-75,77-81H,4-10,12,14-45H2,1-3H3,(H,67,72)(H,68,76)(H,82,83)/b13-11-. The van der Waals surface area contributed by atoms with Crippen LogP contribution in [0.5, 0.6) is 0 Å². The highest BCUT2D eigenvalue weighted by Crippen LogP contribution is 2.39. The summed E-state index contributed by atoms with van der Waals surface area (Å²) in [7, 11) is 0. The molecule has 18 unspecified atom stereocenters. The molecular weight excluding hydrogens is 1160 g/mol. The molecule has 0 aromatic heterocycles. The molecule has 0 radical (unpaired) electrons. The fraction of sp³-hybridized carbons (Fsp3) is 0.924. The van der Waals surface area contributed by atoms with Crippen LogP contribution >= 0.6 is 0 Å². The highest BCUT2D eigenvalue weighted by Gasteiger charge is 2.60. The van der Waals surface area contributed by atoms with E-state index < -0.39 is 148 Å². The molecule has 3 saturated heterocycles. The van der Waals surface area contributed by atoms with E-state index in [-0.39, 0.29) is 18.9 Å². The van der Waals surface area contributed by atoms with E-state index in [1.807, 2.05) is 0 Å². The van der Waals surface area contributed by atoms with Crippen molar-refractivity contribution in [3.05, 3.63) is 12.2 Å². The lowest BCUT2D eigenvalue weighted by atomic mass is 9.88. The van der Waals surface area contributed by atoms with Crippen molar-refractivity contribution in [1.29, 1.82) is 0 Å². The number of allylic oxidation sites excluding steroid dienone is 2. The van der Waals surface area contributed by atoms with E-state index in [0.717, 1.165) is 77.6 Å². The molecule has 2 amide bonds. The normalized spacial score (nSPS) is 28.8. The Morgan fingerprint density at radius 3 is 1.55 bits per heavy atom. The first kappa shape index (κ1) is 80.7. The number of aliphatic hydroxyl groups is 11. The van der Waals surface area contributed by atoms with Gasteiger partial charge in [0.2, 0.25) is 11.8 Å². The van der Waals surface area contributed by atoms with Crippen molar-refractivity contribution in [3.63, 3.8) is 0 Å². The van der Waals surface area contributed by atoms with Crippen molar-refractivity contribution in [1.82, 2.24) is 10.6 Å². The van der Waals surface area contributed by atoms with E-state index in [0.29, 0.717) is 19.3 Å². The number of aliphatic carboxylic acids is 1. The maximum absolute atomic E-state index is 13.4. The van der Waals surface area contributed by atoms with Gasteiger partial charge in [0.25, 0.3) is 5.79 Å². The third kappa shape index (κ3) is 30.2. The summed E-state index contributed by atoms with van der Waals surface area (Å²) >= 11 is 0. The monoisotopic (exact) mass is 1280 g/mol. The molecule has 522 valence electrons. The zero-order valence-corrected chi connectivity index (χ0v) is 54.3. The number of unbranched alkanes of at least 4 members (excludes halogenated alkanes) is 30. The number of carboxylic acid groups (broad SMARTS) is 1. The second-order valence-corrected chi connectivity index (χ2v) is 25.4. The summed E-state index contributed by atoms with van der Waals surface area (Å²) in [6.45, 7) is 2.14. The van der Waals surface area contributed by atoms with Gasteiger partial charge in [-0.2, -0.15) is 0 Å². The minimum atomic E-state index is -3.08. The molecule has 3 aliphatic rings. The number of rotatable bonds is 52. The van der Waals surface area contributed by atoms with E-state index in [9.17, 15) is 75.7 Å². The minimum absolute atomic E-state index is 0.209. The van der Waals surface area contributed by atoms with Crippen LogP contribution in [0.1, 0.15) is 252 Å². The van der Waals surface area contributed by atoms with Gasteiger partial charge in [0.05, 0.1) is 50.7 Å². The van der Waals surface area contributed by atoms with Crippen LogP contribution in [0.2, 0.25) is 0 Å². The van der Waals surface area contributed by atoms with Crippen molar-refractivity contribution < 1.29 is 104 Å². The van der Waals surface area contributed by atoms with Gasteiger partial charge in [-0.15, -0.1) is 0 Å². The zero-order valence-electron chi connectivity index (χ0n) is 54.3. The lowest BCUT2D eigenvalue weighted by Crippen LogP contribution is -2.70. The fourth-order valence-electron chi connectivity index (χ4n) is 12.2. The number of nitrogens with one attached hydrogen (secondary N) is 2. The Hall–Kier alpha value is -2.53. The van der Waals surface area contributed by atoms with Gasteiger partial charge in [-0.1, -0.05) is 212 Å². The Morgan fingerprint density at radius 1 is 0.573 bits per heavy atom. The number of hydrogen-bond acceptors (Lipinski definition) is 20. The van der Waals surface area contributed by atoms with Crippen LogP contribution in [0.15, 0.2) is 12.2 Å². The predicted molar refractivity (Wildman–Crippen MR) is 334 cm³/mol. The zero-order chi connectivity index (χ0) is 65.4. The van der Waals surface area contributed by atoms with Gasteiger partial charge >= 0.3 is 5.97 Å². The summed E-state index contributed by atoms with van der Waals surface area (Å²) in [5, 5.41) is 136. The van der Waals surface area contributed by atoms with E-state index in [4.69, 9.17) is 28.4 Å². The Labute approximate surface area is 531 Å². The van der Waals surface area contributed by atoms with Crippen molar-refractivity contribution in [3.8, 4) is 0 Å². The molecule has 23 nitrogen and oxygen atoms in total. The molecule has 0 bridgehead atoms. The van der Waals surface area contributed by atoms with Crippen molar-refractivity contribution in [2.45, 2.75) is 362 Å². The Morgan fingerprint density at radius 2 is 1.06 bits per heavy atom. The molecule has 14 N–H and O–H groups in total.